The second-order valence-corrected chi connectivity index (χ2v) is 8.70. The molecule has 1 saturated heterocycles. The van der Waals surface area contributed by atoms with Gasteiger partial charge in [-0.3, -0.25) is 4.79 Å². The van der Waals surface area contributed by atoms with E-state index >= 15 is 0 Å². The molecule has 2 aromatic rings. The number of likely N-dealkylation sites (tertiary alicyclic amines) is 1. The van der Waals surface area contributed by atoms with E-state index in [1.54, 1.807) is 12.1 Å². The van der Waals surface area contributed by atoms with Crippen molar-refractivity contribution in [3.8, 4) is 0 Å². The zero-order chi connectivity index (χ0) is 20.9. The van der Waals surface area contributed by atoms with Gasteiger partial charge in [0.25, 0.3) is 5.91 Å². The molecule has 5 nitrogen and oxygen atoms in total. The van der Waals surface area contributed by atoms with Gasteiger partial charge in [0.15, 0.2) is 0 Å². The summed E-state index contributed by atoms with van der Waals surface area (Å²) in [6.45, 7) is 3.81. The van der Waals surface area contributed by atoms with Crippen LogP contribution in [-0.2, 0) is 10.4 Å². The summed E-state index contributed by atoms with van der Waals surface area (Å²) in [5, 5.41) is 14.1. The number of carbonyl (C=O) groups excluding carboxylic acids is 2. The van der Waals surface area contributed by atoms with Gasteiger partial charge in [-0.2, -0.15) is 0 Å². The van der Waals surface area contributed by atoms with Gasteiger partial charge in [-0.25, -0.2) is 0 Å². The molecule has 6 heteroatoms. The molecule has 1 fully saturated rings. The van der Waals surface area contributed by atoms with Crippen LogP contribution < -0.4 is 5.32 Å². The second kappa shape index (κ2) is 9.65. The van der Waals surface area contributed by atoms with Crippen molar-refractivity contribution in [3.05, 3.63) is 70.2 Å². The summed E-state index contributed by atoms with van der Waals surface area (Å²) in [5.74, 6) is -0.470. The Kier molecular flexibility index (Phi) is 7.22. The predicted octanol–water partition coefficient (Wildman–Crippen LogP) is 3.37. The van der Waals surface area contributed by atoms with Crippen LogP contribution in [0.2, 0.25) is 0 Å². The van der Waals surface area contributed by atoms with Gasteiger partial charge in [0, 0.05) is 35.6 Å². The Morgan fingerprint density at radius 3 is 2.38 bits per heavy atom. The monoisotopic (exact) mass is 458 g/mol. The van der Waals surface area contributed by atoms with Gasteiger partial charge in [0.2, 0.25) is 0 Å². The van der Waals surface area contributed by atoms with E-state index < -0.39 is 5.60 Å². The molecule has 2 N–H and O–H groups in total. The molecule has 1 heterocycles. The summed E-state index contributed by atoms with van der Waals surface area (Å²) in [7, 11) is 0. The lowest BCUT2D eigenvalue weighted by Gasteiger charge is -2.40. The molecular weight excluding hydrogens is 432 g/mol. The first kappa shape index (κ1) is 21.7. The number of amides is 1. The van der Waals surface area contributed by atoms with E-state index in [1.165, 1.54) is 0 Å². The molecule has 1 aliphatic heterocycles. The number of piperidine rings is 1. The minimum absolute atomic E-state index is 0.173. The number of rotatable bonds is 7. The lowest BCUT2D eigenvalue weighted by molar-refractivity contribution is -0.111. The molecule has 0 aromatic heterocycles. The molecule has 2 unspecified atom stereocenters. The zero-order valence-corrected chi connectivity index (χ0v) is 18.1. The van der Waals surface area contributed by atoms with Crippen LogP contribution in [-0.4, -0.2) is 47.9 Å². The highest BCUT2D eigenvalue weighted by Crippen LogP contribution is 2.33. The molecule has 1 aliphatic rings. The molecule has 2 atom stereocenters. The summed E-state index contributed by atoms with van der Waals surface area (Å²) < 4.78 is 0.988. The summed E-state index contributed by atoms with van der Waals surface area (Å²) in [4.78, 5) is 26.2. The van der Waals surface area contributed by atoms with E-state index in [4.69, 9.17) is 0 Å². The Morgan fingerprint density at radius 2 is 1.79 bits per heavy atom. The number of hydrogen-bond donors (Lipinski definition) is 2. The number of carbonyl (C=O) groups is 2. The smallest absolute Gasteiger partial charge is 0.251 e. The van der Waals surface area contributed by atoms with Crippen LogP contribution >= 0.6 is 15.9 Å². The molecule has 0 aliphatic carbocycles. The van der Waals surface area contributed by atoms with Crippen LogP contribution in [0.15, 0.2) is 59.1 Å². The van der Waals surface area contributed by atoms with Crippen molar-refractivity contribution in [2.24, 2.45) is 5.92 Å². The summed E-state index contributed by atoms with van der Waals surface area (Å²) in [6, 6.07) is 16.5. The fourth-order valence-electron chi connectivity index (χ4n) is 3.71. The first-order valence-electron chi connectivity index (χ1n) is 9.93. The topological polar surface area (TPSA) is 69.6 Å². The van der Waals surface area contributed by atoms with E-state index in [2.05, 4.69) is 26.1 Å². The van der Waals surface area contributed by atoms with Crippen LogP contribution in [0.1, 0.15) is 35.7 Å². The number of nitrogens with zero attached hydrogens (tertiary/aromatic N) is 1. The van der Waals surface area contributed by atoms with Crippen molar-refractivity contribution in [1.82, 2.24) is 10.2 Å². The highest BCUT2D eigenvalue weighted by Gasteiger charge is 2.35. The Hall–Kier alpha value is -2.02. The summed E-state index contributed by atoms with van der Waals surface area (Å²) in [6.07, 6.45) is 2.12. The van der Waals surface area contributed by atoms with Gasteiger partial charge < -0.3 is 20.1 Å². The Bertz CT molecular complexity index is 818. The van der Waals surface area contributed by atoms with Crippen molar-refractivity contribution < 1.29 is 14.7 Å². The van der Waals surface area contributed by atoms with Crippen molar-refractivity contribution in [2.75, 3.05) is 19.6 Å². The molecular formula is C23H27BrN2O3. The number of nitrogens with one attached hydrogen (secondary N) is 1. The van der Waals surface area contributed by atoms with Crippen LogP contribution in [0, 0.1) is 5.92 Å². The number of halogens is 1. The molecule has 0 saturated carbocycles. The lowest BCUT2D eigenvalue weighted by atomic mass is 9.84. The maximum atomic E-state index is 12.5. The molecule has 0 bridgehead atoms. The minimum atomic E-state index is -0.837. The van der Waals surface area contributed by atoms with E-state index in [0.29, 0.717) is 38.0 Å². The van der Waals surface area contributed by atoms with Crippen LogP contribution in [0.4, 0.5) is 0 Å². The van der Waals surface area contributed by atoms with Crippen molar-refractivity contribution in [1.29, 1.82) is 0 Å². The van der Waals surface area contributed by atoms with Crippen LogP contribution in [0.5, 0.6) is 0 Å². The average Bonchev–Trinajstić information content (AvgIpc) is 2.75. The van der Waals surface area contributed by atoms with E-state index in [1.807, 2.05) is 49.4 Å². The molecule has 154 valence electrons. The Labute approximate surface area is 180 Å². The number of aldehydes is 1. The normalized spacial score (nSPS) is 18.6. The number of hydrogen-bond acceptors (Lipinski definition) is 4. The van der Waals surface area contributed by atoms with Gasteiger partial charge in [0.05, 0.1) is 11.6 Å². The fraction of sp³-hybridized carbons (Fsp3) is 0.391. The standard InChI is InChI=1S/C23H27BrN2O3/c1-17(16-27)21(25-22(28)18-5-3-2-4-6-18)15-26-13-11-23(29,12-14-26)19-7-9-20(24)10-8-19/h2-10,16-17,21,29H,11-15H2,1H3,(H,25,28). The molecule has 1 amide bonds. The molecule has 0 radical (unpaired) electrons. The third-order valence-electron chi connectivity index (χ3n) is 5.72. The lowest BCUT2D eigenvalue weighted by Crippen LogP contribution is -2.51. The van der Waals surface area contributed by atoms with E-state index in [-0.39, 0.29) is 17.9 Å². The highest BCUT2D eigenvalue weighted by atomic mass is 79.9. The van der Waals surface area contributed by atoms with Gasteiger partial charge in [-0.1, -0.05) is 53.2 Å². The Morgan fingerprint density at radius 1 is 1.17 bits per heavy atom. The quantitative estimate of drug-likeness (QED) is 0.624. The fourth-order valence-corrected chi connectivity index (χ4v) is 3.98. The van der Waals surface area contributed by atoms with Gasteiger partial charge in [-0.15, -0.1) is 0 Å². The largest absolute Gasteiger partial charge is 0.385 e. The van der Waals surface area contributed by atoms with E-state index in [9.17, 15) is 14.7 Å². The van der Waals surface area contributed by atoms with Gasteiger partial charge >= 0.3 is 0 Å². The number of aliphatic hydroxyl groups is 1. The van der Waals surface area contributed by atoms with E-state index in [0.717, 1.165) is 16.3 Å². The summed E-state index contributed by atoms with van der Waals surface area (Å²) >= 11 is 3.43. The highest BCUT2D eigenvalue weighted by molar-refractivity contribution is 9.10. The Balaban J connectivity index is 1.61. The molecule has 0 spiro atoms. The minimum Gasteiger partial charge on any atom is -0.385 e. The first-order chi connectivity index (χ1) is 13.9. The molecule has 2 aromatic carbocycles. The third-order valence-corrected chi connectivity index (χ3v) is 6.25. The summed E-state index contributed by atoms with van der Waals surface area (Å²) in [5.41, 5.74) is 0.672. The molecule has 29 heavy (non-hydrogen) atoms. The average molecular weight is 459 g/mol. The van der Waals surface area contributed by atoms with Crippen molar-refractivity contribution in [2.45, 2.75) is 31.4 Å². The maximum Gasteiger partial charge on any atom is 0.251 e. The third kappa shape index (κ3) is 5.53. The second-order valence-electron chi connectivity index (χ2n) is 7.78. The SMILES string of the molecule is CC(C=O)C(CN1CCC(O)(c2ccc(Br)cc2)CC1)NC(=O)c1ccccc1. The van der Waals surface area contributed by atoms with Gasteiger partial charge in [-0.05, 0) is 42.7 Å². The molecule has 3 rings (SSSR count). The zero-order valence-electron chi connectivity index (χ0n) is 16.6. The van der Waals surface area contributed by atoms with Crippen molar-refractivity contribution >= 4 is 28.1 Å². The van der Waals surface area contributed by atoms with Crippen LogP contribution in [0.3, 0.4) is 0 Å². The van der Waals surface area contributed by atoms with Crippen molar-refractivity contribution in [3.63, 3.8) is 0 Å². The van der Waals surface area contributed by atoms with Crippen LogP contribution in [0.25, 0.3) is 0 Å². The predicted molar refractivity (Wildman–Crippen MR) is 117 cm³/mol. The van der Waals surface area contributed by atoms with Gasteiger partial charge in [0.1, 0.15) is 6.29 Å². The number of benzene rings is 2. The maximum absolute atomic E-state index is 12.5. The first-order valence-corrected chi connectivity index (χ1v) is 10.7.